The summed E-state index contributed by atoms with van der Waals surface area (Å²) in [5.74, 6) is 0.195. The molecule has 3 rings (SSSR count). The van der Waals surface area contributed by atoms with Crippen LogP contribution in [-0.2, 0) is 27.5 Å². The first kappa shape index (κ1) is 13.6. The summed E-state index contributed by atoms with van der Waals surface area (Å²) < 4.78 is 25.4. The maximum atomic E-state index is 11.9. The highest BCUT2D eigenvalue weighted by Crippen LogP contribution is 2.28. The predicted molar refractivity (Wildman–Crippen MR) is 72.4 cm³/mol. The Morgan fingerprint density at radius 2 is 2.20 bits per heavy atom. The first-order valence-electron chi connectivity index (χ1n) is 6.98. The van der Waals surface area contributed by atoms with E-state index in [9.17, 15) is 18.3 Å². The van der Waals surface area contributed by atoms with Gasteiger partial charge in [-0.15, -0.1) is 0 Å². The summed E-state index contributed by atoms with van der Waals surface area (Å²) in [7, 11) is -2.98. The first-order chi connectivity index (χ1) is 9.47. The summed E-state index contributed by atoms with van der Waals surface area (Å²) in [5, 5.41) is 8.87. The van der Waals surface area contributed by atoms with Crippen molar-refractivity contribution in [2.75, 3.05) is 5.75 Å². The number of carboxylic acid groups (broad SMARTS) is 1. The van der Waals surface area contributed by atoms with Crippen LogP contribution in [0.4, 0.5) is 0 Å². The molecule has 0 saturated carbocycles. The molecule has 1 aromatic heterocycles. The maximum absolute atomic E-state index is 11.9. The van der Waals surface area contributed by atoms with Crippen LogP contribution in [0.2, 0.25) is 0 Å². The Labute approximate surface area is 117 Å². The number of nitrogens with zero attached hydrogens (tertiary/aromatic N) is 2. The number of rotatable bonds is 3. The Morgan fingerprint density at radius 3 is 2.85 bits per heavy atom. The van der Waals surface area contributed by atoms with E-state index in [0.717, 1.165) is 25.1 Å². The van der Waals surface area contributed by atoms with Gasteiger partial charge in [0.25, 0.3) is 0 Å². The number of hydrogen-bond acceptors (Lipinski definition) is 4. The molecule has 0 aliphatic carbocycles. The fourth-order valence-corrected chi connectivity index (χ4v) is 5.05. The van der Waals surface area contributed by atoms with Crippen molar-refractivity contribution in [2.45, 2.75) is 49.8 Å². The van der Waals surface area contributed by atoms with E-state index in [4.69, 9.17) is 0 Å². The van der Waals surface area contributed by atoms with E-state index in [2.05, 4.69) is 4.98 Å². The highest BCUT2D eigenvalue weighted by atomic mass is 32.2. The second kappa shape index (κ2) is 4.87. The molecule has 2 aliphatic rings. The molecule has 110 valence electrons. The van der Waals surface area contributed by atoms with E-state index >= 15 is 0 Å². The average molecular weight is 298 g/mol. The van der Waals surface area contributed by atoms with E-state index in [0.29, 0.717) is 25.0 Å². The van der Waals surface area contributed by atoms with Gasteiger partial charge in [0, 0.05) is 19.0 Å². The second-order valence-corrected chi connectivity index (χ2v) is 8.04. The minimum absolute atomic E-state index is 0.267. The first-order valence-corrected chi connectivity index (χ1v) is 8.70. The van der Waals surface area contributed by atoms with Crippen LogP contribution in [0, 0.1) is 0 Å². The van der Waals surface area contributed by atoms with Gasteiger partial charge in [-0.2, -0.15) is 0 Å². The molecule has 2 aliphatic heterocycles. The predicted octanol–water partition coefficient (Wildman–Crippen LogP) is 0.965. The molecular weight excluding hydrogens is 280 g/mol. The minimum atomic E-state index is -2.98. The van der Waals surface area contributed by atoms with Crippen molar-refractivity contribution in [3.63, 3.8) is 0 Å². The van der Waals surface area contributed by atoms with Gasteiger partial charge in [0.15, 0.2) is 9.84 Å². The van der Waals surface area contributed by atoms with Crippen LogP contribution in [0.25, 0.3) is 0 Å². The van der Waals surface area contributed by atoms with Crippen molar-refractivity contribution >= 4 is 15.8 Å². The molecule has 0 radical (unpaired) electrons. The van der Waals surface area contributed by atoms with Crippen LogP contribution in [0.3, 0.4) is 0 Å². The van der Waals surface area contributed by atoms with E-state index in [1.165, 1.54) is 0 Å². The van der Waals surface area contributed by atoms with Gasteiger partial charge in [-0.25, -0.2) is 18.2 Å². The Kier molecular flexibility index (Phi) is 3.32. The van der Waals surface area contributed by atoms with Gasteiger partial charge in [0.05, 0.1) is 16.7 Å². The molecule has 0 amide bonds. The molecule has 1 aromatic rings. The average Bonchev–Trinajstić information content (AvgIpc) is 2.92. The van der Waals surface area contributed by atoms with E-state index in [-0.39, 0.29) is 11.0 Å². The molecule has 6 nitrogen and oxygen atoms in total. The van der Waals surface area contributed by atoms with Crippen molar-refractivity contribution in [3.05, 3.63) is 17.7 Å². The molecule has 0 bridgehead atoms. The molecule has 7 heteroatoms. The lowest BCUT2D eigenvalue weighted by Crippen LogP contribution is -2.24. The zero-order valence-electron chi connectivity index (χ0n) is 11.2. The van der Waals surface area contributed by atoms with Gasteiger partial charge in [-0.1, -0.05) is 0 Å². The van der Waals surface area contributed by atoms with Crippen molar-refractivity contribution in [3.8, 4) is 0 Å². The summed E-state index contributed by atoms with van der Waals surface area (Å²) in [6.07, 6.45) is 5.75. The van der Waals surface area contributed by atoms with Crippen molar-refractivity contribution < 1.29 is 18.3 Å². The number of carbonyl (C=O) groups is 1. The number of carboxylic acids is 1. The number of aromatic nitrogens is 2. The number of fused-ring (bicyclic) bond motifs is 1. The maximum Gasteiger partial charge on any atom is 0.326 e. The molecule has 2 atom stereocenters. The summed E-state index contributed by atoms with van der Waals surface area (Å²) in [6, 6.07) is -0.555. The van der Waals surface area contributed by atoms with E-state index in [1.54, 1.807) is 10.8 Å². The largest absolute Gasteiger partial charge is 0.480 e. The Hall–Kier alpha value is -1.37. The van der Waals surface area contributed by atoms with Crippen molar-refractivity contribution in [1.82, 2.24) is 9.55 Å². The molecule has 1 fully saturated rings. The zero-order chi connectivity index (χ0) is 14.3. The lowest BCUT2D eigenvalue weighted by atomic mass is 10.1. The van der Waals surface area contributed by atoms with Crippen LogP contribution in [0.1, 0.15) is 43.2 Å². The third kappa shape index (κ3) is 2.34. The molecule has 1 N–H and O–H groups in total. The smallest absolute Gasteiger partial charge is 0.326 e. The van der Waals surface area contributed by atoms with E-state index < -0.39 is 21.8 Å². The van der Waals surface area contributed by atoms with Crippen LogP contribution in [0.15, 0.2) is 6.20 Å². The topological polar surface area (TPSA) is 89.3 Å². The number of sulfone groups is 1. The molecule has 2 unspecified atom stereocenters. The Bertz CT molecular complexity index is 635. The molecule has 0 aromatic carbocycles. The molecule has 1 saturated heterocycles. The quantitative estimate of drug-likeness (QED) is 0.898. The fraction of sp³-hybridized carbons (Fsp3) is 0.692. The summed E-state index contributed by atoms with van der Waals surface area (Å²) in [6.45, 7) is 0. The molecule has 3 heterocycles. The monoisotopic (exact) mass is 298 g/mol. The fourth-order valence-electron chi connectivity index (χ4n) is 3.20. The summed E-state index contributed by atoms with van der Waals surface area (Å²) in [4.78, 5) is 15.7. The lowest BCUT2D eigenvalue weighted by molar-refractivity contribution is -0.141. The number of imidazole rings is 1. The second-order valence-electron chi connectivity index (χ2n) is 5.64. The van der Waals surface area contributed by atoms with Gasteiger partial charge in [-0.05, 0) is 25.7 Å². The minimum Gasteiger partial charge on any atom is -0.480 e. The molecule has 0 spiro atoms. The van der Waals surface area contributed by atoms with Crippen LogP contribution < -0.4 is 0 Å². The normalized spacial score (nSPS) is 28.2. The lowest BCUT2D eigenvalue weighted by Gasteiger charge is -2.20. The number of hydrogen-bond donors (Lipinski definition) is 1. The number of aryl methyl sites for hydroxylation is 1. The Morgan fingerprint density at radius 1 is 1.40 bits per heavy atom. The third-order valence-electron chi connectivity index (χ3n) is 4.26. The van der Waals surface area contributed by atoms with Gasteiger partial charge in [0.2, 0.25) is 0 Å². The van der Waals surface area contributed by atoms with Gasteiger partial charge in [-0.3, -0.25) is 0 Å². The molecule has 20 heavy (non-hydrogen) atoms. The van der Waals surface area contributed by atoms with E-state index in [1.807, 2.05) is 0 Å². The van der Waals surface area contributed by atoms with Crippen LogP contribution in [0.5, 0.6) is 0 Å². The summed E-state index contributed by atoms with van der Waals surface area (Å²) >= 11 is 0. The highest BCUT2D eigenvalue weighted by molar-refractivity contribution is 7.92. The SMILES string of the molecule is O=C(O)C1CCCc2nc(CC3CCCS3(=O)=O)cn21. The zero-order valence-corrected chi connectivity index (χ0v) is 12.0. The highest BCUT2D eigenvalue weighted by Gasteiger charge is 2.33. The van der Waals surface area contributed by atoms with Crippen LogP contribution >= 0.6 is 0 Å². The van der Waals surface area contributed by atoms with Gasteiger partial charge >= 0.3 is 5.97 Å². The van der Waals surface area contributed by atoms with Crippen molar-refractivity contribution in [2.24, 2.45) is 0 Å². The van der Waals surface area contributed by atoms with Gasteiger partial charge in [0.1, 0.15) is 11.9 Å². The standard InChI is InChI=1S/C13H18N2O4S/c16-13(17)11-4-1-5-12-14-9(8-15(11)12)7-10-3-2-6-20(10,18)19/h8,10-11H,1-7H2,(H,16,17). The van der Waals surface area contributed by atoms with Gasteiger partial charge < -0.3 is 9.67 Å². The van der Waals surface area contributed by atoms with Crippen LogP contribution in [-0.4, -0.2) is 40.0 Å². The Balaban J connectivity index is 1.84. The third-order valence-corrected chi connectivity index (χ3v) is 6.53. The summed E-state index contributed by atoms with van der Waals surface area (Å²) in [5.41, 5.74) is 0.712. The number of aliphatic carboxylic acids is 1. The van der Waals surface area contributed by atoms with Crippen molar-refractivity contribution in [1.29, 1.82) is 0 Å². The molecular formula is C13H18N2O4S.